The van der Waals surface area contributed by atoms with E-state index < -0.39 is 78.6 Å². The van der Waals surface area contributed by atoms with Gasteiger partial charge in [0.1, 0.15) is 30.0 Å². The molecule has 6 heterocycles. The number of aliphatic hydroxyl groups is 3. The summed E-state index contributed by atoms with van der Waals surface area (Å²) in [6.45, 7) is 14.6. The van der Waals surface area contributed by atoms with E-state index in [1.54, 1.807) is 14.2 Å². The zero-order valence-electron chi connectivity index (χ0n) is 37.6. The molecule has 7 rings (SSSR count). The van der Waals surface area contributed by atoms with Crippen LogP contribution in [0, 0.1) is 29.6 Å². The van der Waals surface area contributed by atoms with Crippen molar-refractivity contribution in [1.29, 1.82) is 0 Å². The lowest BCUT2D eigenvalue weighted by molar-refractivity contribution is -0.335. The van der Waals surface area contributed by atoms with E-state index >= 15 is 0 Å². The van der Waals surface area contributed by atoms with Crippen LogP contribution in [-0.2, 0) is 52.2 Å². The second kappa shape index (κ2) is 19.5. The lowest BCUT2D eigenvalue weighted by Gasteiger charge is -2.50. The van der Waals surface area contributed by atoms with Crippen LogP contribution in [0.3, 0.4) is 0 Å². The number of fused-ring (bicyclic) bond motifs is 2. The molecule has 14 heteroatoms. The van der Waals surface area contributed by atoms with Crippen molar-refractivity contribution in [3.05, 3.63) is 11.6 Å². The first-order chi connectivity index (χ1) is 28.6. The maximum absolute atomic E-state index is 14.4. The van der Waals surface area contributed by atoms with Gasteiger partial charge in [-0.2, -0.15) is 0 Å². The van der Waals surface area contributed by atoms with Gasteiger partial charge in [-0.3, -0.25) is 4.79 Å². The molecule has 1 spiro atoms. The molecule has 0 aromatic carbocycles. The Morgan fingerprint density at radius 3 is 2.27 bits per heavy atom. The Labute approximate surface area is 357 Å². The van der Waals surface area contributed by atoms with Crippen LogP contribution in [-0.4, -0.2) is 139 Å². The highest BCUT2D eigenvalue weighted by Gasteiger charge is 2.64. The van der Waals surface area contributed by atoms with Crippen molar-refractivity contribution < 1.29 is 67.5 Å². The van der Waals surface area contributed by atoms with E-state index in [0.29, 0.717) is 57.3 Å². The number of carbonyl (C=O) groups is 1. The van der Waals surface area contributed by atoms with Crippen molar-refractivity contribution in [2.24, 2.45) is 29.6 Å². The monoisotopic (exact) mass is 853 g/mol. The fourth-order valence-electron chi connectivity index (χ4n) is 11.7. The maximum Gasteiger partial charge on any atom is 0.312 e. The third kappa shape index (κ3) is 9.56. The van der Waals surface area contributed by atoms with Gasteiger partial charge in [-0.05, 0) is 82.6 Å². The molecule has 21 atom stereocenters. The quantitative estimate of drug-likeness (QED) is 0.221. The standard InChI is InChI=1S/C46H76O14/c1-10-34-24(2)16-17-45(60-34)22-32-19-31(59-45)15-14-26(4)41(25(3)12-11-13-30-23-53-43-39(47)27(5)18-33(44(49)56-32)46(30,43)50)57-38-21-36(52-9)42(29(7)55-38)58-37-20-35(51-8)40(48)28(6)54-37/h14,24-25,27-43,47-48,50H,10-13,15-23H2,1-9H3/b26-14+/t24-,25-,27+,28-,29-,30+,31+,32-,33-,34+,35-,36-,37-,38-,39+,40-,41-,42-,43+,45+,46+/m0/s1. The number of esters is 1. The lowest BCUT2D eigenvalue weighted by atomic mass is 9.63. The van der Waals surface area contributed by atoms with Crippen LogP contribution in [0.15, 0.2) is 11.6 Å². The Hall–Kier alpha value is -1.27. The molecule has 0 aromatic rings. The van der Waals surface area contributed by atoms with E-state index in [0.717, 1.165) is 31.3 Å². The van der Waals surface area contributed by atoms with Gasteiger partial charge >= 0.3 is 5.97 Å². The first-order valence-electron chi connectivity index (χ1n) is 23.2. The number of hydrogen-bond acceptors (Lipinski definition) is 14. The fourth-order valence-corrected chi connectivity index (χ4v) is 11.7. The van der Waals surface area contributed by atoms with Gasteiger partial charge in [-0.15, -0.1) is 0 Å². The summed E-state index contributed by atoms with van der Waals surface area (Å²) in [5.74, 6) is -2.25. The number of carbonyl (C=O) groups excluding carboxylic acids is 1. The average Bonchev–Trinajstić information content (AvgIpc) is 3.56. The lowest BCUT2D eigenvalue weighted by Crippen LogP contribution is -2.63. The molecule has 6 aliphatic heterocycles. The Bertz CT molecular complexity index is 1460. The van der Waals surface area contributed by atoms with E-state index in [1.165, 1.54) is 0 Å². The Kier molecular flexibility index (Phi) is 15.1. The molecule has 3 N–H and O–H groups in total. The molecular weight excluding hydrogens is 776 g/mol. The topological polar surface area (TPSA) is 170 Å². The molecule has 344 valence electrons. The van der Waals surface area contributed by atoms with Crippen molar-refractivity contribution in [3.8, 4) is 0 Å². The first kappa shape index (κ1) is 46.7. The normalized spacial score (nSPS) is 51.6. The summed E-state index contributed by atoms with van der Waals surface area (Å²) >= 11 is 0. The molecule has 2 bridgehead atoms. The van der Waals surface area contributed by atoms with Crippen molar-refractivity contribution in [3.63, 3.8) is 0 Å². The van der Waals surface area contributed by atoms with Gasteiger partial charge in [0, 0.05) is 52.2 Å². The number of rotatable bonds is 7. The summed E-state index contributed by atoms with van der Waals surface area (Å²) in [5.41, 5.74) is -0.493. The third-order valence-corrected chi connectivity index (χ3v) is 15.4. The molecule has 0 aromatic heterocycles. The molecular formula is C46H76O14. The largest absolute Gasteiger partial charge is 0.462 e. The van der Waals surface area contributed by atoms with Gasteiger partial charge in [-0.25, -0.2) is 0 Å². The summed E-state index contributed by atoms with van der Waals surface area (Å²) in [6.07, 6.45) is 2.83. The second-order valence-corrected chi connectivity index (χ2v) is 19.6. The van der Waals surface area contributed by atoms with Gasteiger partial charge in [0.25, 0.3) is 0 Å². The highest BCUT2D eigenvalue weighted by atomic mass is 16.7. The van der Waals surface area contributed by atoms with E-state index in [1.807, 2.05) is 20.8 Å². The molecule has 1 saturated carbocycles. The first-order valence-corrected chi connectivity index (χ1v) is 23.2. The van der Waals surface area contributed by atoms with Crippen LogP contribution in [0.2, 0.25) is 0 Å². The minimum absolute atomic E-state index is 0.0360. The summed E-state index contributed by atoms with van der Waals surface area (Å²) in [5, 5.41) is 34.4. The summed E-state index contributed by atoms with van der Waals surface area (Å²) in [4.78, 5) is 14.4. The van der Waals surface area contributed by atoms with Crippen molar-refractivity contribution in [2.75, 3.05) is 20.8 Å². The number of aliphatic hydroxyl groups excluding tert-OH is 2. The summed E-state index contributed by atoms with van der Waals surface area (Å²) in [6, 6.07) is 0. The average molecular weight is 853 g/mol. The van der Waals surface area contributed by atoms with Crippen molar-refractivity contribution >= 4 is 5.97 Å². The van der Waals surface area contributed by atoms with Crippen LogP contribution in [0.1, 0.15) is 126 Å². The van der Waals surface area contributed by atoms with Gasteiger partial charge in [0.15, 0.2) is 18.4 Å². The zero-order chi connectivity index (χ0) is 43.1. The minimum Gasteiger partial charge on any atom is -0.462 e. The van der Waals surface area contributed by atoms with Gasteiger partial charge in [-0.1, -0.05) is 40.2 Å². The molecule has 7 aliphatic rings. The summed E-state index contributed by atoms with van der Waals surface area (Å²) in [7, 11) is 3.25. The van der Waals surface area contributed by atoms with Gasteiger partial charge in [0.05, 0.1) is 61.4 Å². The van der Waals surface area contributed by atoms with Crippen LogP contribution in [0.5, 0.6) is 0 Å². The van der Waals surface area contributed by atoms with E-state index in [-0.39, 0.29) is 54.9 Å². The number of methoxy groups -OCH3 is 2. The van der Waals surface area contributed by atoms with Crippen molar-refractivity contribution in [2.45, 2.75) is 223 Å². The molecule has 5 saturated heterocycles. The van der Waals surface area contributed by atoms with Crippen LogP contribution >= 0.6 is 0 Å². The van der Waals surface area contributed by atoms with Crippen LogP contribution < -0.4 is 0 Å². The molecule has 60 heavy (non-hydrogen) atoms. The highest BCUT2D eigenvalue weighted by molar-refractivity contribution is 5.75. The summed E-state index contributed by atoms with van der Waals surface area (Å²) < 4.78 is 64.0. The fraction of sp³-hybridized carbons (Fsp3) is 0.935. The van der Waals surface area contributed by atoms with Gasteiger partial charge < -0.3 is 62.7 Å². The Morgan fingerprint density at radius 1 is 0.817 bits per heavy atom. The minimum atomic E-state index is -1.55. The van der Waals surface area contributed by atoms with Gasteiger partial charge in [0.2, 0.25) is 0 Å². The Balaban J connectivity index is 1.13. The molecule has 6 fully saturated rings. The number of hydrogen-bond donors (Lipinski definition) is 3. The molecule has 0 unspecified atom stereocenters. The SMILES string of the molecule is CC[C@H]1O[C@]2(CC[C@@H]1C)C[C@@H]1C[C@@H](C/C=C(\C)[C@@H](O[C@H]3C[C@H](OC)[C@@H](O[C@H]4C[C@H](OC)[C@@H](O)[C@H](C)O4)[C@H](C)O3)[C@@H](C)CCC[C@@H]3CO[C@@H]4[C@H](O)[C@H](C)C[C@@H](C(=O)O1)[C@]34O)O2. The maximum atomic E-state index is 14.4. The molecule has 0 amide bonds. The van der Waals surface area contributed by atoms with Crippen molar-refractivity contribution in [1.82, 2.24) is 0 Å². The third-order valence-electron chi connectivity index (χ3n) is 15.4. The predicted octanol–water partition coefficient (Wildman–Crippen LogP) is 5.35. The van der Waals surface area contributed by atoms with E-state index in [9.17, 15) is 20.1 Å². The predicted molar refractivity (Wildman–Crippen MR) is 218 cm³/mol. The smallest absolute Gasteiger partial charge is 0.312 e. The molecule has 14 nitrogen and oxygen atoms in total. The molecule has 0 radical (unpaired) electrons. The van der Waals surface area contributed by atoms with Crippen LogP contribution in [0.25, 0.3) is 0 Å². The van der Waals surface area contributed by atoms with Crippen LogP contribution in [0.4, 0.5) is 0 Å². The Morgan fingerprint density at radius 2 is 1.53 bits per heavy atom. The second-order valence-electron chi connectivity index (χ2n) is 19.6. The number of ether oxygens (including phenoxy) is 10. The van der Waals surface area contributed by atoms with E-state index in [2.05, 4.69) is 33.8 Å². The zero-order valence-corrected chi connectivity index (χ0v) is 37.6. The highest BCUT2D eigenvalue weighted by Crippen LogP contribution is 2.51. The van der Waals surface area contributed by atoms with E-state index in [4.69, 9.17) is 47.4 Å². The molecule has 1 aliphatic carbocycles.